The Bertz CT molecular complexity index is 350. The van der Waals surface area contributed by atoms with Crippen molar-refractivity contribution >= 4 is 0 Å². The molecule has 94 valence electrons. The number of aryl methyl sites for hydroxylation is 1. The quantitative estimate of drug-likeness (QED) is 0.842. The summed E-state index contributed by atoms with van der Waals surface area (Å²) >= 11 is 0. The van der Waals surface area contributed by atoms with Crippen molar-refractivity contribution in [2.45, 2.75) is 57.1 Å². The molecule has 2 nitrogen and oxygen atoms in total. The minimum Gasteiger partial charge on any atom is -0.393 e. The molecule has 1 aliphatic carbocycles. The number of hydrogen-bond donors (Lipinski definition) is 2. The monoisotopic (exact) mass is 233 g/mol. The molecule has 0 aromatic heterocycles. The van der Waals surface area contributed by atoms with Crippen molar-refractivity contribution in [2.24, 2.45) is 5.73 Å². The zero-order valence-corrected chi connectivity index (χ0v) is 10.7. The Hall–Kier alpha value is -0.860. The van der Waals surface area contributed by atoms with Gasteiger partial charge in [-0.1, -0.05) is 31.2 Å². The molecule has 0 heterocycles. The fraction of sp³-hybridized carbons (Fsp3) is 0.600. The van der Waals surface area contributed by atoms with E-state index >= 15 is 0 Å². The van der Waals surface area contributed by atoms with Crippen LogP contribution >= 0.6 is 0 Å². The van der Waals surface area contributed by atoms with Gasteiger partial charge in [-0.2, -0.15) is 0 Å². The predicted octanol–water partition coefficient (Wildman–Crippen LogP) is 2.42. The minimum absolute atomic E-state index is 0.104. The lowest BCUT2D eigenvalue weighted by Gasteiger charge is -2.35. The van der Waals surface area contributed by atoms with Gasteiger partial charge in [0.25, 0.3) is 0 Å². The van der Waals surface area contributed by atoms with Gasteiger partial charge in [-0.05, 0) is 49.7 Å². The van der Waals surface area contributed by atoms with Crippen LogP contribution in [0.4, 0.5) is 0 Å². The molecule has 1 aliphatic rings. The summed E-state index contributed by atoms with van der Waals surface area (Å²) in [6.07, 6.45) is 5.46. The molecular formula is C15H23NO. The molecule has 0 aliphatic heterocycles. The molecule has 0 bridgehead atoms. The molecule has 1 aromatic rings. The summed E-state index contributed by atoms with van der Waals surface area (Å²) in [6, 6.07) is 8.77. The maximum atomic E-state index is 9.52. The van der Waals surface area contributed by atoms with Crippen molar-refractivity contribution in [2.75, 3.05) is 0 Å². The predicted molar refractivity (Wildman–Crippen MR) is 70.9 cm³/mol. The maximum Gasteiger partial charge on any atom is 0.0541 e. The van der Waals surface area contributed by atoms with Crippen molar-refractivity contribution in [1.82, 2.24) is 0 Å². The standard InChI is InChI=1S/C15H23NO/c1-2-12-3-5-13(6-4-12)11-15(16)9-7-14(17)8-10-15/h3-6,14,17H,2,7-11,16H2,1H3. The molecule has 3 N–H and O–H groups in total. The van der Waals surface area contributed by atoms with E-state index in [1.165, 1.54) is 11.1 Å². The molecule has 0 atom stereocenters. The van der Waals surface area contributed by atoms with Crippen LogP contribution < -0.4 is 5.73 Å². The van der Waals surface area contributed by atoms with Gasteiger partial charge in [-0.3, -0.25) is 0 Å². The minimum atomic E-state index is -0.130. The topological polar surface area (TPSA) is 46.2 Å². The van der Waals surface area contributed by atoms with Crippen LogP contribution in [0.15, 0.2) is 24.3 Å². The van der Waals surface area contributed by atoms with Gasteiger partial charge >= 0.3 is 0 Å². The van der Waals surface area contributed by atoms with E-state index in [9.17, 15) is 5.11 Å². The highest BCUT2D eigenvalue weighted by molar-refractivity contribution is 5.24. The highest BCUT2D eigenvalue weighted by atomic mass is 16.3. The van der Waals surface area contributed by atoms with Crippen molar-refractivity contribution in [3.8, 4) is 0 Å². The lowest BCUT2D eigenvalue weighted by atomic mass is 9.77. The Labute approximate surface area is 104 Å². The van der Waals surface area contributed by atoms with Gasteiger partial charge in [0, 0.05) is 5.54 Å². The van der Waals surface area contributed by atoms with Crippen LogP contribution in [0.25, 0.3) is 0 Å². The smallest absolute Gasteiger partial charge is 0.0541 e. The molecule has 2 rings (SSSR count). The van der Waals surface area contributed by atoms with E-state index in [2.05, 4.69) is 31.2 Å². The van der Waals surface area contributed by atoms with Crippen molar-refractivity contribution < 1.29 is 5.11 Å². The van der Waals surface area contributed by atoms with E-state index in [4.69, 9.17) is 5.73 Å². The van der Waals surface area contributed by atoms with Crippen LogP contribution in [-0.4, -0.2) is 16.7 Å². The highest BCUT2D eigenvalue weighted by Gasteiger charge is 2.30. The average molecular weight is 233 g/mol. The Morgan fingerprint density at radius 1 is 1.18 bits per heavy atom. The van der Waals surface area contributed by atoms with Gasteiger partial charge < -0.3 is 10.8 Å². The number of aliphatic hydroxyl groups excluding tert-OH is 1. The molecule has 2 heteroatoms. The van der Waals surface area contributed by atoms with Crippen LogP contribution in [0.3, 0.4) is 0 Å². The molecular weight excluding hydrogens is 210 g/mol. The van der Waals surface area contributed by atoms with Gasteiger partial charge in [-0.15, -0.1) is 0 Å². The summed E-state index contributed by atoms with van der Waals surface area (Å²) < 4.78 is 0. The molecule has 1 saturated carbocycles. The summed E-state index contributed by atoms with van der Waals surface area (Å²) in [4.78, 5) is 0. The van der Waals surface area contributed by atoms with E-state index in [1.807, 2.05) is 0 Å². The maximum absolute atomic E-state index is 9.52. The van der Waals surface area contributed by atoms with E-state index in [0.717, 1.165) is 38.5 Å². The first-order valence-electron chi connectivity index (χ1n) is 6.66. The number of hydrogen-bond acceptors (Lipinski definition) is 2. The molecule has 0 saturated heterocycles. The molecule has 1 fully saturated rings. The van der Waals surface area contributed by atoms with Crippen molar-refractivity contribution in [3.63, 3.8) is 0 Å². The SMILES string of the molecule is CCc1ccc(CC2(N)CCC(O)CC2)cc1. The first kappa shape index (κ1) is 12.6. The second-order valence-electron chi connectivity index (χ2n) is 5.44. The van der Waals surface area contributed by atoms with Crippen molar-refractivity contribution in [1.29, 1.82) is 0 Å². The van der Waals surface area contributed by atoms with Crippen molar-refractivity contribution in [3.05, 3.63) is 35.4 Å². The molecule has 17 heavy (non-hydrogen) atoms. The first-order valence-corrected chi connectivity index (χ1v) is 6.66. The largest absolute Gasteiger partial charge is 0.393 e. The lowest BCUT2D eigenvalue weighted by Crippen LogP contribution is -2.46. The Morgan fingerprint density at radius 3 is 2.24 bits per heavy atom. The summed E-state index contributed by atoms with van der Waals surface area (Å²) in [5.41, 5.74) is 9.00. The Balaban J connectivity index is 1.99. The number of nitrogens with two attached hydrogens (primary N) is 1. The van der Waals surface area contributed by atoms with E-state index < -0.39 is 0 Å². The zero-order valence-electron chi connectivity index (χ0n) is 10.7. The van der Waals surface area contributed by atoms with Gasteiger partial charge in [-0.25, -0.2) is 0 Å². The summed E-state index contributed by atoms with van der Waals surface area (Å²) in [5.74, 6) is 0. The third-order valence-electron chi connectivity index (χ3n) is 3.94. The Kier molecular flexibility index (Phi) is 3.85. The average Bonchev–Trinajstić information content (AvgIpc) is 2.34. The summed E-state index contributed by atoms with van der Waals surface area (Å²) in [5, 5.41) is 9.52. The van der Waals surface area contributed by atoms with Crippen LogP contribution in [0.1, 0.15) is 43.7 Å². The fourth-order valence-electron chi connectivity index (χ4n) is 2.65. The van der Waals surface area contributed by atoms with E-state index in [-0.39, 0.29) is 11.6 Å². The second kappa shape index (κ2) is 5.19. The van der Waals surface area contributed by atoms with Crippen LogP contribution in [0.2, 0.25) is 0 Å². The van der Waals surface area contributed by atoms with Gasteiger partial charge in [0.15, 0.2) is 0 Å². The highest BCUT2D eigenvalue weighted by Crippen LogP contribution is 2.29. The van der Waals surface area contributed by atoms with E-state index in [1.54, 1.807) is 0 Å². The third kappa shape index (κ3) is 3.30. The zero-order chi connectivity index (χ0) is 12.3. The number of rotatable bonds is 3. The van der Waals surface area contributed by atoms with Crippen LogP contribution in [-0.2, 0) is 12.8 Å². The van der Waals surface area contributed by atoms with Gasteiger partial charge in [0.1, 0.15) is 0 Å². The van der Waals surface area contributed by atoms with Gasteiger partial charge in [0.2, 0.25) is 0 Å². The molecule has 0 spiro atoms. The summed E-state index contributed by atoms with van der Waals surface area (Å²) in [7, 11) is 0. The molecule has 0 unspecified atom stereocenters. The van der Waals surface area contributed by atoms with Crippen LogP contribution in [0, 0.1) is 0 Å². The number of benzene rings is 1. The van der Waals surface area contributed by atoms with Gasteiger partial charge in [0.05, 0.1) is 6.10 Å². The Morgan fingerprint density at radius 2 is 1.71 bits per heavy atom. The molecule has 0 radical (unpaired) electrons. The fourth-order valence-corrected chi connectivity index (χ4v) is 2.65. The number of aliphatic hydroxyl groups is 1. The normalized spacial score (nSPS) is 29.2. The lowest BCUT2D eigenvalue weighted by molar-refractivity contribution is 0.0973. The van der Waals surface area contributed by atoms with Crippen LogP contribution in [0.5, 0.6) is 0 Å². The summed E-state index contributed by atoms with van der Waals surface area (Å²) in [6.45, 7) is 2.17. The van der Waals surface area contributed by atoms with E-state index in [0.29, 0.717) is 0 Å². The second-order valence-corrected chi connectivity index (χ2v) is 5.44. The first-order chi connectivity index (χ1) is 8.11. The molecule has 0 amide bonds. The third-order valence-corrected chi connectivity index (χ3v) is 3.94. The molecule has 1 aromatic carbocycles.